The van der Waals surface area contributed by atoms with E-state index in [0.717, 1.165) is 38.5 Å². The molecule has 0 bridgehead atoms. The number of hydrogen-bond donors (Lipinski definition) is 8. The molecule has 54 heavy (non-hydrogen) atoms. The zero-order valence-electron chi connectivity index (χ0n) is 31.1. The molecule has 0 spiro atoms. The summed E-state index contributed by atoms with van der Waals surface area (Å²) in [5.41, 5.74) is 14.0. The van der Waals surface area contributed by atoms with Crippen LogP contribution in [0.25, 0.3) is 0 Å². The maximum Gasteiger partial charge on any atom is 0.272 e. The third-order valence-corrected chi connectivity index (χ3v) is 8.58. The van der Waals surface area contributed by atoms with Gasteiger partial charge in [0.2, 0.25) is 11.8 Å². The maximum atomic E-state index is 12.8. The first-order valence-corrected chi connectivity index (χ1v) is 17.6. The molecule has 0 saturated heterocycles. The van der Waals surface area contributed by atoms with E-state index in [1.54, 1.807) is 95.5 Å². The lowest BCUT2D eigenvalue weighted by Gasteiger charge is -2.07. The largest absolute Gasteiger partial charge is 0.351 e. The van der Waals surface area contributed by atoms with Gasteiger partial charge in [-0.2, -0.15) is 0 Å². The van der Waals surface area contributed by atoms with E-state index in [-0.39, 0.29) is 36.7 Å². The quantitative estimate of drug-likeness (QED) is 0.0657. The van der Waals surface area contributed by atoms with Gasteiger partial charge < -0.3 is 61.6 Å². The van der Waals surface area contributed by atoms with Crippen LogP contribution in [0.4, 0.5) is 22.7 Å². The molecule has 4 aromatic rings. The highest BCUT2D eigenvalue weighted by molar-refractivity contribution is 6.06. The van der Waals surface area contributed by atoms with Gasteiger partial charge in [0.15, 0.2) is 0 Å². The van der Waals surface area contributed by atoms with E-state index in [0.29, 0.717) is 58.6 Å². The molecule has 0 aliphatic rings. The van der Waals surface area contributed by atoms with Gasteiger partial charge in [0.05, 0.1) is 35.8 Å². The second kappa shape index (κ2) is 19.1. The van der Waals surface area contributed by atoms with Crippen molar-refractivity contribution in [3.05, 3.63) is 71.8 Å². The fourth-order valence-electron chi connectivity index (χ4n) is 5.79. The first-order valence-electron chi connectivity index (χ1n) is 17.6. The van der Waals surface area contributed by atoms with E-state index < -0.39 is 11.8 Å². The molecule has 4 heterocycles. The number of amides is 6. The van der Waals surface area contributed by atoms with Crippen LogP contribution in [-0.4, -0.2) is 79.9 Å². The highest BCUT2D eigenvalue weighted by Gasteiger charge is 2.18. The van der Waals surface area contributed by atoms with E-state index >= 15 is 0 Å². The maximum absolute atomic E-state index is 12.8. The number of rotatable bonds is 19. The van der Waals surface area contributed by atoms with Crippen LogP contribution in [0.5, 0.6) is 0 Å². The molecule has 0 unspecified atom stereocenters. The van der Waals surface area contributed by atoms with E-state index in [4.69, 9.17) is 11.5 Å². The van der Waals surface area contributed by atoms with Gasteiger partial charge in [0, 0.05) is 66.1 Å². The predicted octanol–water partition coefficient (Wildman–Crippen LogP) is 1.84. The summed E-state index contributed by atoms with van der Waals surface area (Å²) >= 11 is 0. The molecule has 0 aliphatic heterocycles. The fourth-order valence-corrected chi connectivity index (χ4v) is 5.79. The minimum absolute atomic E-state index is 0.168. The second-order valence-corrected chi connectivity index (χ2v) is 12.9. The number of unbranched alkanes of at least 4 members (excludes halogenated alkanes) is 5. The summed E-state index contributed by atoms with van der Waals surface area (Å²) in [4.78, 5) is 74.4. The molecule has 4 aromatic heterocycles. The lowest BCUT2D eigenvalue weighted by atomic mass is 10.1. The first kappa shape index (κ1) is 40.6. The summed E-state index contributed by atoms with van der Waals surface area (Å²) in [6.45, 7) is 0.694. The smallest absolute Gasteiger partial charge is 0.272 e. The molecular weight excluding hydrogens is 696 g/mol. The Bertz CT molecular complexity index is 1840. The van der Waals surface area contributed by atoms with Crippen LogP contribution < -0.4 is 43.4 Å². The van der Waals surface area contributed by atoms with E-state index in [1.807, 2.05) is 0 Å². The van der Waals surface area contributed by atoms with Gasteiger partial charge in [0.1, 0.15) is 22.8 Å². The van der Waals surface area contributed by atoms with Crippen LogP contribution in [-0.2, 0) is 37.8 Å². The zero-order valence-corrected chi connectivity index (χ0v) is 31.1. The average molecular weight is 747 g/mol. The second-order valence-electron chi connectivity index (χ2n) is 12.9. The molecule has 0 atom stereocenters. The Kier molecular flexibility index (Phi) is 14.4. The van der Waals surface area contributed by atoms with Crippen molar-refractivity contribution in [2.75, 3.05) is 47.4 Å². The topological polar surface area (TPSA) is 246 Å². The highest BCUT2D eigenvalue weighted by Crippen LogP contribution is 2.19. The monoisotopic (exact) mass is 746 g/mol. The molecule has 6 amide bonds. The number of aryl methyl sites for hydroxylation is 4. The van der Waals surface area contributed by atoms with Crippen molar-refractivity contribution in [3.63, 3.8) is 0 Å². The van der Waals surface area contributed by atoms with Crippen molar-refractivity contribution in [2.24, 2.45) is 39.7 Å². The molecule has 0 fully saturated rings. The van der Waals surface area contributed by atoms with Crippen molar-refractivity contribution in [3.8, 4) is 0 Å². The summed E-state index contributed by atoms with van der Waals surface area (Å²) in [6.07, 6.45) is 12.0. The third kappa shape index (κ3) is 11.2. The van der Waals surface area contributed by atoms with Crippen molar-refractivity contribution in [1.82, 2.24) is 28.9 Å². The van der Waals surface area contributed by atoms with Gasteiger partial charge in [-0.1, -0.05) is 25.7 Å². The van der Waals surface area contributed by atoms with Crippen LogP contribution in [0.1, 0.15) is 80.5 Å². The Hall–Kier alpha value is -6.14. The van der Waals surface area contributed by atoms with Crippen molar-refractivity contribution in [1.29, 1.82) is 0 Å². The molecule has 0 aliphatic carbocycles. The normalized spacial score (nSPS) is 10.9. The molecular formula is C36H50N12O6. The molecule has 0 radical (unpaired) electrons. The number of nitrogens with zero attached hydrogens (tertiary/aromatic N) is 4. The van der Waals surface area contributed by atoms with Crippen molar-refractivity contribution >= 4 is 58.2 Å². The molecule has 10 N–H and O–H groups in total. The van der Waals surface area contributed by atoms with Gasteiger partial charge in [-0.15, -0.1) is 0 Å². The SMILES string of the molecule is Cn1cc(NC(=O)c2cc(NC(=O)CN)cn2C)cc1C(=O)NCCCCCCCCNC(=O)c1cc(NC(=O)c2cc(NC(=O)CN)cn2C)cn1C. The van der Waals surface area contributed by atoms with Crippen LogP contribution >= 0.6 is 0 Å². The van der Waals surface area contributed by atoms with Gasteiger partial charge in [0.25, 0.3) is 23.6 Å². The number of hydrogen-bond acceptors (Lipinski definition) is 8. The minimum Gasteiger partial charge on any atom is -0.351 e. The number of anilines is 4. The van der Waals surface area contributed by atoms with Crippen LogP contribution in [0, 0.1) is 0 Å². The molecule has 290 valence electrons. The average Bonchev–Trinajstić information content (AvgIpc) is 3.89. The zero-order chi connectivity index (χ0) is 39.4. The van der Waals surface area contributed by atoms with Crippen LogP contribution in [0.15, 0.2) is 49.1 Å². The lowest BCUT2D eigenvalue weighted by molar-refractivity contribution is -0.115. The van der Waals surface area contributed by atoms with E-state index in [9.17, 15) is 28.8 Å². The van der Waals surface area contributed by atoms with E-state index in [1.165, 1.54) is 0 Å². The molecule has 18 nitrogen and oxygen atoms in total. The first-order chi connectivity index (χ1) is 25.8. The van der Waals surface area contributed by atoms with Gasteiger partial charge in [-0.3, -0.25) is 28.8 Å². The Balaban J connectivity index is 1.09. The third-order valence-electron chi connectivity index (χ3n) is 8.58. The number of carbonyl (C=O) groups excluding carboxylic acids is 6. The van der Waals surface area contributed by atoms with Gasteiger partial charge in [-0.25, -0.2) is 0 Å². The van der Waals surface area contributed by atoms with Crippen molar-refractivity contribution in [2.45, 2.75) is 38.5 Å². The number of nitrogens with one attached hydrogen (secondary N) is 6. The Morgan fingerprint density at radius 2 is 0.722 bits per heavy atom. The number of carbonyl (C=O) groups is 6. The van der Waals surface area contributed by atoms with Crippen LogP contribution in [0.2, 0.25) is 0 Å². The molecule has 18 heteroatoms. The summed E-state index contributed by atoms with van der Waals surface area (Å²) in [6, 6.07) is 6.31. The predicted molar refractivity (Wildman–Crippen MR) is 205 cm³/mol. The summed E-state index contributed by atoms with van der Waals surface area (Å²) < 4.78 is 6.46. The minimum atomic E-state index is -0.393. The van der Waals surface area contributed by atoms with Crippen LogP contribution in [0.3, 0.4) is 0 Å². The highest BCUT2D eigenvalue weighted by atomic mass is 16.2. The number of aromatic nitrogens is 4. The molecule has 0 saturated carbocycles. The molecule has 4 rings (SSSR count). The fraction of sp³-hybridized carbons (Fsp3) is 0.389. The van der Waals surface area contributed by atoms with E-state index in [2.05, 4.69) is 31.9 Å². The Morgan fingerprint density at radius 3 is 1.04 bits per heavy atom. The summed E-state index contributed by atoms with van der Waals surface area (Å²) in [5, 5.41) is 16.7. The lowest BCUT2D eigenvalue weighted by Crippen LogP contribution is -2.26. The standard InChI is InChI=1S/C36H50N12O6/c1-45-21-25(43-35(53)29-13-23(19-47(29)3)41-31(49)17-37)15-27(45)33(51)39-11-9-7-5-6-8-10-12-40-34(52)28-16-26(22-46(28)2)44-36(54)30-14-24(20-48(30)4)42-32(50)18-38/h13-16,19-22H,5-12,17-18,37-38H2,1-4H3,(H,39,51)(H,40,52)(H,41,49)(H,42,50)(H,43,53)(H,44,54). The summed E-state index contributed by atoms with van der Waals surface area (Å²) in [7, 11) is 6.82. The van der Waals surface area contributed by atoms with Crippen molar-refractivity contribution < 1.29 is 28.8 Å². The summed E-state index contributed by atoms with van der Waals surface area (Å²) in [5.74, 6) is -2.00. The molecule has 0 aromatic carbocycles. The number of nitrogens with two attached hydrogens (primary N) is 2. The van der Waals surface area contributed by atoms with Gasteiger partial charge >= 0.3 is 0 Å². The Labute approximate surface area is 313 Å². The Morgan fingerprint density at radius 1 is 0.444 bits per heavy atom. The van der Waals surface area contributed by atoms with Gasteiger partial charge in [-0.05, 0) is 37.1 Å².